The zero-order valence-corrected chi connectivity index (χ0v) is 22.7. The minimum absolute atomic E-state index is 0.218. The Morgan fingerprint density at radius 2 is 0.943 bits per heavy atom. The summed E-state index contributed by atoms with van der Waals surface area (Å²) in [5, 5.41) is 11.0. The van der Waals surface area contributed by atoms with Crippen LogP contribution in [0.25, 0.3) is 0 Å². The second-order valence-electron chi connectivity index (χ2n) is 10.6. The van der Waals surface area contributed by atoms with E-state index in [-0.39, 0.29) is 11.7 Å². The third-order valence-corrected chi connectivity index (χ3v) is 9.24. The molecule has 1 spiro atoms. The van der Waals surface area contributed by atoms with E-state index in [9.17, 15) is 9.90 Å². The van der Waals surface area contributed by atoms with Gasteiger partial charge in [-0.1, -0.05) is 0 Å². The lowest BCUT2D eigenvalue weighted by Crippen LogP contribution is -2.37. The van der Waals surface area contributed by atoms with E-state index < -0.39 is 5.60 Å². The van der Waals surface area contributed by atoms with Gasteiger partial charge in [0.1, 0.15) is 17.2 Å². The Balaban J connectivity index is 2.13. The molecule has 0 bridgehead atoms. The highest BCUT2D eigenvalue weighted by Crippen LogP contribution is 2.62. The zero-order valence-electron chi connectivity index (χ0n) is 22.7. The molecule has 182 valence electrons. The van der Waals surface area contributed by atoms with Crippen LogP contribution in [0, 0.1) is 76.2 Å². The first-order valence-corrected chi connectivity index (χ1v) is 12.2. The highest BCUT2D eigenvalue weighted by Gasteiger charge is 2.58. The van der Waals surface area contributed by atoms with E-state index in [0.717, 1.165) is 72.5 Å². The number of carbonyl (C=O) groups excluding carboxylic acids is 1. The number of benzene rings is 3. The van der Waals surface area contributed by atoms with Crippen molar-refractivity contribution in [2.24, 2.45) is 0 Å². The first kappa shape index (κ1) is 23.5. The molecule has 5 rings (SSSR count). The molecule has 2 heterocycles. The standard InChI is InChI=1S/C31H34O4/c1-12-13(2)17(6)24-23(16(12)5)30(33)35-31(24)25-18(7)14(3)15(4)21(10)28(25)34-29-22(11)27(32)20(9)19(8)26(29)31/h32H,1-11H3. The molecule has 1 N–H and O–H groups in total. The predicted octanol–water partition coefficient (Wildman–Crippen LogP) is 7.35. The number of carbonyl (C=O) groups is 1. The van der Waals surface area contributed by atoms with Gasteiger partial charge in [0.15, 0.2) is 5.60 Å². The van der Waals surface area contributed by atoms with Crippen LogP contribution < -0.4 is 4.74 Å². The van der Waals surface area contributed by atoms with Gasteiger partial charge in [0, 0.05) is 11.1 Å². The third-order valence-electron chi connectivity index (χ3n) is 9.24. The van der Waals surface area contributed by atoms with Crippen molar-refractivity contribution in [1.82, 2.24) is 0 Å². The van der Waals surface area contributed by atoms with Crippen molar-refractivity contribution in [3.63, 3.8) is 0 Å². The number of esters is 1. The van der Waals surface area contributed by atoms with Gasteiger partial charge in [-0.2, -0.15) is 0 Å². The van der Waals surface area contributed by atoms with E-state index in [1.165, 1.54) is 5.56 Å². The average Bonchev–Trinajstić information content (AvgIpc) is 3.12. The predicted molar refractivity (Wildman–Crippen MR) is 138 cm³/mol. The van der Waals surface area contributed by atoms with E-state index >= 15 is 0 Å². The largest absolute Gasteiger partial charge is 0.507 e. The highest BCUT2D eigenvalue weighted by atomic mass is 16.6. The fourth-order valence-electron chi connectivity index (χ4n) is 6.32. The Kier molecular flexibility index (Phi) is 4.78. The van der Waals surface area contributed by atoms with E-state index in [2.05, 4.69) is 48.5 Å². The SMILES string of the molecule is Cc1c(C)c(C)c2c(c1C)Oc1c(C)c(O)c(C)c(C)c1C21OC(=O)c2c(C)c(C)c(C)c(C)c21. The molecule has 0 aromatic heterocycles. The molecule has 0 radical (unpaired) electrons. The number of rotatable bonds is 0. The first-order valence-electron chi connectivity index (χ1n) is 12.2. The maximum atomic E-state index is 13.8. The topological polar surface area (TPSA) is 55.8 Å². The van der Waals surface area contributed by atoms with Crippen LogP contribution in [0.5, 0.6) is 17.2 Å². The van der Waals surface area contributed by atoms with Crippen molar-refractivity contribution in [2.45, 2.75) is 81.8 Å². The second-order valence-corrected chi connectivity index (χ2v) is 10.6. The fraction of sp³-hybridized carbons (Fsp3) is 0.387. The normalized spacial score (nSPS) is 17.7. The van der Waals surface area contributed by atoms with Crippen molar-refractivity contribution < 1.29 is 19.4 Å². The molecule has 4 nitrogen and oxygen atoms in total. The maximum absolute atomic E-state index is 13.8. The van der Waals surface area contributed by atoms with Gasteiger partial charge < -0.3 is 14.6 Å². The van der Waals surface area contributed by atoms with E-state index in [0.29, 0.717) is 16.9 Å². The van der Waals surface area contributed by atoms with E-state index in [1.54, 1.807) is 0 Å². The molecule has 0 saturated carbocycles. The Hall–Kier alpha value is -3.27. The Morgan fingerprint density at radius 3 is 1.51 bits per heavy atom. The summed E-state index contributed by atoms with van der Waals surface area (Å²) in [6, 6.07) is 0. The van der Waals surface area contributed by atoms with Crippen molar-refractivity contribution in [2.75, 3.05) is 0 Å². The summed E-state index contributed by atoms with van der Waals surface area (Å²) in [6.07, 6.45) is 0. The minimum Gasteiger partial charge on any atom is -0.507 e. The summed E-state index contributed by atoms with van der Waals surface area (Å²) in [5.74, 6) is 1.22. The average molecular weight is 471 g/mol. The molecule has 0 saturated heterocycles. The second kappa shape index (κ2) is 7.13. The summed E-state index contributed by atoms with van der Waals surface area (Å²) >= 11 is 0. The molecular formula is C31H34O4. The van der Waals surface area contributed by atoms with Crippen LogP contribution in [0.15, 0.2) is 0 Å². The monoisotopic (exact) mass is 470 g/mol. The number of phenolic OH excluding ortho intramolecular Hbond substituents is 1. The van der Waals surface area contributed by atoms with Crippen molar-refractivity contribution in [1.29, 1.82) is 0 Å². The number of hydrogen-bond acceptors (Lipinski definition) is 4. The molecule has 4 heteroatoms. The zero-order chi connectivity index (χ0) is 25.9. The van der Waals surface area contributed by atoms with Gasteiger partial charge in [0.05, 0.1) is 16.7 Å². The number of aromatic hydroxyl groups is 1. The number of phenols is 1. The first-order chi connectivity index (χ1) is 16.3. The van der Waals surface area contributed by atoms with Crippen LogP contribution in [0.3, 0.4) is 0 Å². The quantitative estimate of drug-likeness (QED) is 0.349. The number of fused-ring (bicyclic) bond motifs is 6. The Labute approximate surface area is 207 Å². The van der Waals surface area contributed by atoms with Gasteiger partial charge in [0.25, 0.3) is 0 Å². The lowest BCUT2D eigenvalue weighted by atomic mass is 9.69. The molecule has 2 aliphatic rings. The van der Waals surface area contributed by atoms with Gasteiger partial charge in [0.2, 0.25) is 0 Å². The van der Waals surface area contributed by atoms with Crippen LogP contribution in [0.2, 0.25) is 0 Å². The molecule has 1 unspecified atom stereocenters. The summed E-state index contributed by atoms with van der Waals surface area (Å²) < 4.78 is 13.3. The van der Waals surface area contributed by atoms with Crippen molar-refractivity contribution in [3.8, 4) is 17.2 Å². The van der Waals surface area contributed by atoms with E-state index in [1.807, 2.05) is 27.7 Å². The molecule has 2 aliphatic heterocycles. The third kappa shape index (κ3) is 2.55. The lowest BCUT2D eigenvalue weighted by Gasteiger charge is -2.42. The summed E-state index contributed by atoms with van der Waals surface area (Å²) in [4.78, 5) is 13.8. The van der Waals surface area contributed by atoms with Crippen LogP contribution in [-0.2, 0) is 10.3 Å². The van der Waals surface area contributed by atoms with Gasteiger partial charge in [-0.05, 0) is 132 Å². The van der Waals surface area contributed by atoms with Gasteiger partial charge in [-0.25, -0.2) is 4.79 Å². The molecule has 0 fully saturated rings. The van der Waals surface area contributed by atoms with Gasteiger partial charge in [-0.3, -0.25) is 0 Å². The summed E-state index contributed by atoms with van der Waals surface area (Å²) in [7, 11) is 0. The summed E-state index contributed by atoms with van der Waals surface area (Å²) in [6.45, 7) is 22.5. The molecule has 3 aromatic carbocycles. The van der Waals surface area contributed by atoms with Crippen LogP contribution in [0.1, 0.15) is 88.2 Å². The molecule has 0 amide bonds. The number of ether oxygens (including phenoxy) is 2. The Bertz CT molecular complexity index is 1450. The summed E-state index contributed by atoms with van der Waals surface area (Å²) in [5.41, 5.74) is 13.1. The molecule has 3 aromatic rings. The van der Waals surface area contributed by atoms with Crippen LogP contribution in [-0.4, -0.2) is 11.1 Å². The van der Waals surface area contributed by atoms with Crippen molar-refractivity contribution >= 4 is 5.97 Å². The Morgan fingerprint density at radius 1 is 0.514 bits per heavy atom. The van der Waals surface area contributed by atoms with Crippen LogP contribution >= 0.6 is 0 Å². The van der Waals surface area contributed by atoms with Crippen molar-refractivity contribution in [3.05, 3.63) is 83.5 Å². The van der Waals surface area contributed by atoms with Gasteiger partial charge >= 0.3 is 5.97 Å². The fourth-order valence-corrected chi connectivity index (χ4v) is 6.32. The van der Waals surface area contributed by atoms with E-state index in [4.69, 9.17) is 9.47 Å². The smallest absolute Gasteiger partial charge is 0.340 e. The molecular weight excluding hydrogens is 436 g/mol. The molecule has 1 atom stereocenters. The lowest BCUT2D eigenvalue weighted by molar-refractivity contribution is 0.0217. The van der Waals surface area contributed by atoms with Crippen LogP contribution in [0.4, 0.5) is 0 Å². The van der Waals surface area contributed by atoms with Gasteiger partial charge in [-0.15, -0.1) is 0 Å². The maximum Gasteiger partial charge on any atom is 0.340 e. The highest BCUT2D eigenvalue weighted by molar-refractivity contribution is 6.00. The minimum atomic E-state index is -1.15. The molecule has 0 aliphatic carbocycles. The molecule has 35 heavy (non-hydrogen) atoms. The number of hydrogen-bond donors (Lipinski definition) is 1.